The number of rotatable bonds is 6. The van der Waals surface area contributed by atoms with Crippen LogP contribution in [0, 0.1) is 13.8 Å². The molecule has 0 saturated heterocycles. The minimum atomic E-state index is 0.268. The van der Waals surface area contributed by atoms with Gasteiger partial charge in [0.2, 0.25) is 0 Å². The first-order chi connectivity index (χ1) is 14.4. The summed E-state index contributed by atoms with van der Waals surface area (Å²) in [7, 11) is 0. The third-order valence-electron chi connectivity index (χ3n) is 5.05. The second-order valence-electron chi connectivity index (χ2n) is 7.44. The Morgan fingerprint density at radius 2 is 1.10 bits per heavy atom. The van der Waals surface area contributed by atoms with E-state index in [1.165, 1.54) is 0 Å². The Morgan fingerprint density at radius 3 is 1.47 bits per heavy atom. The number of aromatic hydroxyl groups is 2. The summed E-state index contributed by atoms with van der Waals surface area (Å²) >= 11 is 0. The topological polar surface area (TPSA) is 65.2 Å². The van der Waals surface area contributed by atoms with E-state index in [9.17, 15) is 10.2 Å². The molecule has 4 heteroatoms. The van der Waals surface area contributed by atoms with E-state index in [1.807, 2.05) is 76.2 Å². The van der Waals surface area contributed by atoms with Crippen LogP contribution in [-0.4, -0.2) is 22.6 Å². The number of aryl methyl sites for hydroxylation is 4. The van der Waals surface area contributed by atoms with Crippen LogP contribution in [0.25, 0.3) is 0 Å². The van der Waals surface area contributed by atoms with Crippen molar-refractivity contribution in [2.24, 2.45) is 9.98 Å². The highest BCUT2D eigenvalue weighted by atomic mass is 16.3. The number of aliphatic imine (C=N–C) groups is 2. The van der Waals surface area contributed by atoms with Crippen molar-refractivity contribution in [1.82, 2.24) is 0 Å². The molecule has 0 bridgehead atoms. The lowest BCUT2D eigenvalue weighted by Crippen LogP contribution is -1.91. The molecule has 4 nitrogen and oxygen atoms in total. The Labute approximate surface area is 178 Å². The molecule has 0 aliphatic heterocycles. The lowest BCUT2D eigenvalue weighted by atomic mass is 10.0. The number of hydrogen-bond donors (Lipinski definition) is 2. The highest BCUT2D eigenvalue weighted by Gasteiger charge is 2.08. The maximum absolute atomic E-state index is 10.5. The first-order valence-electron chi connectivity index (χ1n) is 10.2. The first kappa shape index (κ1) is 21.3. The number of nitrogens with zero attached hydrogens (tertiary/aromatic N) is 2. The van der Waals surface area contributed by atoms with Crippen LogP contribution in [0.15, 0.2) is 58.5 Å². The zero-order valence-electron chi connectivity index (χ0n) is 18.0. The van der Waals surface area contributed by atoms with Gasteiger partial charge in [0.25, 0.3) is 0 Å². The van der Waals surface area contributed by atoms with Gasteiger partial charge in [-0.05, 0) is 73.2 Å². The second-order valence-corrected chi connectivity index (χ2v) is 7.44. The fourth-order valence-corrected chi connectivity index (χ4v) is 3.46. The van der Waals surface area contributed by atoms with Gasteiger partial charge < -0.3 is 10.2 Å². The third kappa shape index (κ3) is 4.77. The molecule has 0 aliphatic carbocycles. The molecule has 0 atom stereocenters. The normalized spacial score (nSPS) is 11.6. The molecule has 0 unspecified atom stereocenters. The molecule has 0 aromatic heterocycles. The van der Waals surface area contributed by atoms with Gasteiger partial charge in [-0.25, -0.2) is 0 Å². The van der Waals surface area contributed by atoms with E-state index in [4.69, 9.17) is 0 Å². The van der Waals surface area contributed by atoms with Crippen molar-refractivity contribution in [3.05, 3.63) is 81.9 Å². The Balaban J connectivity index is 1.95. The first-order valence-corrected chi connectivity index (χ1v) is 10.2. The summed E-state index contributed by atoms with van der Waals surface area (Å²) in [5, 5.41) is 20.9. The fourth-order valence-electron chi connectivity index (χ4n) is 3.46. The molecule has 0 amide bonds. The predicted octanol–water partition coefficient (Wildman–Crippen LogP) is 6.34. The number of phenols is 2. The Kier molecular flexibility index (Phi) is 6.68. The van der Waals surface area contributed by atoms with Crippen LogP contribution in [0.3, 0.4) is 0 Å². The van der Waals surface area contributed by atoms with Crippen molar-refractivity contribution in [1.29, 1.82) is 0 Å². The summed E-state index contributed by atoms with van der Waals surface area (Å²) in [5.41, 5.74) is 6.74. The maximum atomic E-state index is 10.5. The Morgan fingerprint density at radius 1 is 0.700 bits per heavy atom. The lowest BCUT2D eigenvalue weighted by Gasteiger charge is -2.08. The van der Waals surface area contributed by atoms with Gasteiger partial charge in [-0.3, -0.25) is 9.98 Å². The number of para-hydroxylation sites is 2. The molecule has 30 heavy (non-hydrogen) atoms. The van der Waals surface area contributed by atoms with Crippen molar-refractivity contribution >= 4 is 23.8 Å². The summed E-state index contributed by atoms with van der Waals surface area (Å²) in [6.45, 7) is 8.05. The minimum Gasteiger partial charge on any atom is -0.507 e. The largest absolute Gasteiger partial charge is 0.507 e. The minimum absolute atomic E-state index is 0.268. The van der Waals surface area contributed by atoms with Gasteiger partial charge in [0.05, 0.1) is 11.4 Å². The molecule has 2 N–H and O–H groups in total. The molecule has 154 valence electrons. The van der Waals surface area contributed by atoms with Crippen LogP contribution in [-0.2, 0) is 12.8 Å². The van der Waals surface area contributed by atoms with E-state index in [0.29, 0.717) is 22.5 Å². The quantitative estimate of drug-likeness (QED) is 0.474. The van der Waals surface area contributed by atoms with E-state index in [-0.39, 0.29) is 11.5 Å². The summed E-state index contributed by atoms with van der Waals surface area (Å²) < 4.78 is 0. The van der Waals surface area contributed by atoms with Gasteiger partial charge >= 0.3 is 0 Å². The van der Waals surface area contributed by atoms with Gasteiger partial charge in [0.15, 0.2) is 0 Å². The zero-order valence-corrected chi connectivity index (χ0v) is 18.0. The van der Waals surface area contributed by atoms with Gasteiger partial charge in [0, 0.05) is 23.6 Å². The van der Waals surface area contributed by atoms with E-state index in [1.54, 1.807) is 12.4 Å². The summed E-state index contributed by atoms with van der Waals surface area (Å²) in [6, 6.07) is 15.4. The average Bonchev–Trinajstić information content (AvgIpc) is 2.74. The van der Waals surface area contributed by atoms with Crippen LogP contribution in [0.2, 0.25) is 0 Å². The highest BCUT2D eigenvalue weighted by Crippen LogP contribution is 2.30. The molecule has 0 fully saturated rings. The van der Waals surface area contributed by atoms with E-state index >= 15 is 0 Å². The second kappa shape index (κ2) is 9.40. The number of hydrogen-bond acceptors (Lipinski definition) is 4. The van der Waals surface area contributed by atoms with Gasteiger partial charge in [-0.1, -0.05) is 38.1 Å². The summed E-state index contributed by atoms with van der Waals surface area (Å²) in [4.78, 5) is 9.16. The molecule has 0 aliphatic rings. The molecule has 0 heterocycles. The van der Waals surface area contributed by atoms with Crippen LogP contribution in [0.5, 0.6) is 11.5 Å². The summed E-state index contributed by atoms with van der Waals surface area (Å²) in [5.74, 6) is 0.536. The monoisotopic (exact) mass is 400 g/mol. The van der Waals surface area contributed by atoms with Crippen molar-refractivity contribution in [2.75, 3.05) is 0 Å². The van der Waals surface area contributed by atoms with E-state index < -0.39 is 0 Å². The van der Waals surface area contributed by atoms with E-state index in [0.717, 1.165) is 35.1 Å². The summed E-state index contributed by atoms with van der Waals surface area (Å²) in [6.07, 6.45) is 4.87. The SMILES string of the molecule is CCc1cc(C)cc(C=Nc2ccccc2N=Cc2cc(C)cc(CC)c2O)c1O. The Bertz CT molecular complexity index is 1030. The average molecular weight is 401 g/mol. The standard InChI is InChI=1S/C26H28N2O2/c1-5-19-11-17(3)13-21(25(19)29)15-27-23-9-7-8-10-24(23)28-16-22-14-18(4)12-20(6-2)26(22)30/h7-16,29-30H,5-6H2,1-4H3. The number of benzene rings is 3. The Hall–Kier alpha value is -3.40. The number of phenolic OH excluding ortho intramolecular Hbond substituents is 2. The van der Waals surface area contributed by atoms with Gasteiger partial charge in [-0.15, -0.1) is 0 Å². The highest BCUT2D eigenvalue weighted by molar-refractivity contribution is 5.90. The predicted molar refractivity (Wildman–Crippen MR) is 125 cm³/mol. The van der Waals surface area contributed by atoms with E-state index in [2.05, 4.69) is 9.98 Å². The third-order valence-corrected chi connectivity index (χ3v) is 5.05. The molecule has 3 aromatic carbocycles. The smallest absolute Gasteiger partial charge is 0.127 e. The zero-order chi connectivity index (χ0) is 21.7. The van der Waals surface area contributed by atoms with Gasteiger partial charge in [0.1, 0.15) is 11.5 Å². The van der Waals surface area contributed by atoms with Crippen molar-refractivity contribution in [3.8, 4) is 11.5 Å². The lowest BCUT2D eigenvalue weighted by molar-refractivity contribution is 0.467. The van der Waals surface area contributed by atoms with Crippen molar-refractivity contribution in [2.45, 2.75) is 40.5 Å². The molecular weight excluding hydrogens is 372 g/mol. The van der Waals surface area contributed by atoms with Crippen LogP contribution in [0.4, 0.5) is 11.4 Å². The molecular formula is C26H28N2O2. The molecule has 3 aromatic rings. The van der Waals surface area contributed by atoms with Crippen molar-refractivity contribution < 1.29 is 10.2 Å². The van der Waals surface area contributed by atoms with Crippen LogP contribution >= 0.6 is 0 Å². The van der Waals surface area contributed by atoms with Crippen molar-refractivity contribution in [3.63, 3.8) is 0 Å². The molecule has 0 radical (unpaired) electrons. The van der Waals surface area contributed by atoms with Crippen LogP contribution in [0.1, 0.15) is 47.2 Å². The molecule has 0 spiro atoms. The maximum Gasteiger partial charge on any atom is 0.127 e. The molecule has 3 rings (SSSR count). The van der Waals surface area contributed by atoms with Crippen LogP contribution < -0.4 is 0 Å². The fraction of sp³-hybridized carbons (Fsp3) is 0.231. The molecule has 0 saturated carbocycles. The van der Waals surface area contributed by atoms with Gasteiger partial charge in [-0.2, -0.15) is 0 Å².